The lowest BCUT2D eigenvalue weighted by molar-refractivity contribution is 0.567. The number of anilines is 2. The van der Waals surface area contributed by atoms with Gasteiger partial charge in [-0.3, -0.25) is 4.79 Å². The highest BCUT2D eigenvalue weighted by Gasteiger charge is 2.34. The van der Waals surface area contributed by atoms with Gasteiger partial charge in [-0.1, -0.05) is 66.1 Å². The van der Waals surface area contributed by atoms with E-state index in [0.717, 1.165) is 28.7 Å². The molecule has 0 aliphatic carbocycles. The third kappa shape index (κ3) is 2.80. The van der Waals surface area contributed by atoms with Crippen LogP contribution in [0, 0.1) is 6.92 Å². The SMILES string of the molecule is CCc1ccc([C@@H]2c3c(-c4ccc(C)cc4)n[nH]c(=O)c3Nc3nnnn32)cc1. The average molecular weight is 385 g/mol. The summed E-state index contributed by atoms with van der Waals surface area (Å²) in [6.07, 6.45) is 0.953. The van der Waals surface area contributed by atoms with Crippen LogP contribution in [-0.2, 0) is 6.42 Å². The number of tetrazole rings is 1. The van der Waals surface area contributed by atoms with Crippen molar-refractivity contribution >= 4 is 11.6 Å². The van der Waals surface area contributed by atoms with E-state index in [2.05, 4.69) is 62.2 Å². The largest absolute Gasteiger partial charge is 0.318 e. The molecule has 0 fully saturated rings. The van der Waals surface area contributed by atoms with Gasteiger partial charge in [-0.05, 0) is 34.9 Å². The van der Waals surface area contributed by atoms with Gasteiger partial charge in [0.1, 0.15) is 11.7 Å². The van der Waals surface area contributed by atoms with Gasteiger partial charge in [-0.25, -0.2) is 5.10 Å². The van der Waals surface area contributed by atoms with Gasteiger partial charge in [0.05, 0.1) is 5.69 Å². The molecular formula is C21H19N7O. The lowest BCUT2D eigenvalue weighted by Crippen LogP contribution is -2.29. The Morgan fingerprint density at radius 3 is 2.55 bits per heavy atom. The van der Waals surface area contributed by atoms with E-state index in [9.17, 15) is 4.79 Å². The first-order chi connectivity index (χ1) is 14.2. The van der Waals surface area contributed by atoms with Crippen LogP contribution >= 0.6 is 0 Å². The summed E-state index contributed by atoms with van der Waals surface area (Å²) in [6, 6.07) is 16.0. The molecule has 0 saturated carbocycles. The minimum absolute atomic E-state index is 0.305. The standard InChI is InChI=1S/C21H19N7O/c1-3-13-6-10-15(11-7-13)19-16-17(14-8-4-12(2)5-9-14)23-24-20(29)18(16)22-21-25-26-27-28(19)21/h4-11,19H,3H2,1-2H3,(H,24,29)(H,22,25,27)/t19-/m1/s1. The molecule has 0 unspecified atom stereocenters. The summed E-state index contributed by atoms with van der Waals surface area (Å²) >= 11 is 0. The minimum atomic E-state index is -0.367. The molecule has 1 aliphatic rings. The molecule has 1 aliphatic heterocycles. The number of rotatable bonds is 3. The predicted molar refractivity (Wildman–Crippen MR) is 109 cm³/mol. The fraction of sp³-hybridized carbons (Fsp3) is 0.190. The van der Waals surface area contributed by atoms with E-state index in [1.165, 1.54) is 5.56 Å². The van der Waals surface area contributed by atoms with Crippen LogP contribution in [0.5, 0.6) is 0 Å². The molecule has 2 aromatic carbocycles. The average Bonchev–Trinajstić information content (AvgIpc) is 3.22. The molecule has 0 amide bonds. The molecule has 0 spiro atoms. The number of hydrogen-bond acceptors (Lipinski definition) is 6. The fourth-order valence-corrected chi connectivity index (χ4v) is 3.71. The van der Waals surface area contributed by atoms with E-state index in [4.69, 9.17) is 0 Å². The van der Waals surface area contributed by atoms with Gasteiger partial charge >= 0.3 is 0 Å². The molecule has 8 nitrogen and oxygen atoms in total. The highest BCUT2D eigenvalue weighted by Crippen LogP contribution is 2.40. The Labute approximate surface area is 166 Å². The van der Waals surface area contributed by atoms with Gasteiger partial charge in [0, 0.05) is 11.1 Å². The first-order valence-corrected chi connectivity index (χ1v) is 9.49. The number of aryl methyl sites for hydroxylation is 2. The van der Waals surface area contributed by atoms with Crippen molar-refractivity contribution in [2.75, 3.05) is 5.32 Å². The summed E-state index contributed by atoms with van der Waals surface area (Å²) in [5.74, 6) is 0.425. The molecule has 2 N–H and O–H groups in total. The third-order valence-electron chi connectivity index (χ3n) is 5.30. The molecular weight excluding hydrogens is 366 g/mol. The first kappa shape index (κ1) is 17.3. The van der Waals surface area contributed by atoms with Crippen LogP contribution in [-0.4, -0.2) is 30.4 Å². The lowest BCUT2D eigenvalue weighted by atomic mass is 9.91. The van der Waals surface area contributed by atoms with E-state index in [0.29, 0.717) is 17.3 Å². The van der Waals surface area contributed by atoms with E-state index >= 15 is 0 Å². The highest BCUT2D eigenvalue weighted by molar-refractivity contribution is 5.75. The Morgan fingerprint density at radius 2 is 1.83 bits per heavy atom. The maximum Gasteiger partial charge on any atom is 0.288 e. The number of H-pyrrole nitrogens is 1. The number of aromatic amines is 1. The van der Waals surface area contributed by atoms with Crippen molar-refractivity contribution < 1.29 is 0 Å². The molecule has 5 rings (SSSR count). The van der Waals surface area contributed by atoms with Crippen LogP contribution in [0.15, 0.2) is 53.3 Å². The summed E-state index contributed by atoms with van der Waals surface area (Å²) in [7, 11) is 0. The number of fused-ring (bicyclic) bond motifs is 2. The summed E-state index contributed by atoms with van der Waals surface area (Å²) in [4.78, 5) is 12.7. The molecule has 0 bridgehead atoms. The third-order valence-corrected chi connectivity index (χ3v) is 5.30. The maximum absolute atomic E-state index is 12.7. The number of benzene rings is 2. The number of nitrogens with one attached hydrogen (secondary N) is 2. The Bertz CT molecular complexity index is 1240. The zero-order chi connectivity index (χ0) is 20.0. The van der Waals surface area contributed by atoms with Crippen LogP contribution < -0.4 is 10.9 Å². The Balaban J connectivity index is 1.78. The van der Waals surface area contributed by atoms with Gasteiger partial charge in [0.25, 0.3) is 5.56 Å². The lowest BCUT2D eigenvalue weighted by Gasteiger charge is -2.28. The Morgan fingerprint density at radius 1 is 1.07 bits per heavy atom. The quantitative estimate of drug-likeness (QED) is 0.495. The van der Waals surface area contributed by atoms with E-state index in [-0.39, 0.29) is 11.6 Å². The van der Waals surface area contributed by atoms with Gasteiger partial charge in [0.15, 0.2) is 0 Å². The van der Waals surface area contributed by atoms with Crippen molar-refractivity contribution in [2.24, 2.45) is 0 Å². The van der Waals surface area contributed by atoms with E-state index < -0.39 is 0 Å². The second-order valence-corrected chi connectivity index (χ2v) is 7.13. The molecule has 2 aromatic heterocycles. The molecule has 3 heterocycles. The smallest absolute Gasteiger partial charge is 0.288 e. The first-order valence-electron chi connectivity index (χ1n) is 9.49. The topological polar surface area (TPSA) is 101 Å². The van der Waals surface area contributed by atoms with Crippen LogP contribution in [0.3, 0.4) is 0 Å². The predicted octanol–water partition coefficient (Wildman–Crippen LogP) is 2.99. The monoisotopic (exact) mass is 385 g/mol. The minimum Gasteiger partial charge on any atom is -0.318 e. The van der Waals surface area contributed by atoms with Crippen molar-refractivity contribution in [1.82, 2.24) is 30.4 Å². The second kappa shape index (κ2) is 6.66. The van der Waals surface area contributed by atoms with Crippen molar-refractivity contribution in [3.05, 3.63) is 81.1 Å². The molecule has 29 heavy (non-hydrogen) atoms. The highest BCUT2D eigenvalue weighted by atomic mass is 16.1. The van der Waals surface area contributed by atoms with Gasteiger partial charge < -0.3 is 5.32 Å². The van der Waals surface area contributed by atoms with Gasteiger partial charge in [0.2, 0.25) is 5.95 Å². The van der Waals surface area contributed by atoms with Crippen molar-refractivity contribution in [2.45, 2.75) is 26.3 Å². The fourth-order valence-electron chi connectivity index (χ4n) is 3.71. The number of nitrogens with zero attached hydrogens (tertiary/aromatic N) is 5. The van der Waals surface area contributed by atoms with Crippen molar-refractivity contribution in [1.29, 1.82) is 0 Å². The summed E-state index contributed by atoms with van der Waals surface area (Å²) in [5, 5.41) is 22.1. The van der Waals surface area contributed by atoms with E-state index in [1.807, 2.05) is 31.2 Å². The summed E-state index contributed by atoms with van der Waals surface area (Å²) in [5.41, 5.74) is 5.85. The molecule has 0 saturated heterocycles. The van der Waals surface area contributed by atoms with Crippen LogP contribution in [0.2, 0.25) is 0 Å². The summed E-state index contributed by atoms with van der Waals surface area (Å²) in [6.45, 7) is 4.15. The molecule has 8 heteroatoms. The second-order valence-electron chi connectivity index (χ2n) is 7.13. The molecule has 0 radical (unpaired) electrons. The number of hydrogen-bond donors (Lipinski definition) is 2. The van der Waals surface area contributed by atoms with Crippen LogP contribution in [0.4, 0.5) is 11.6 Å². The Kier molecular flexibility index (Phi) is 3.97. The maximum atomic E-state index is 12.7. The van der Waals surface area contributed by atoms with Crippen LogP contribution in [0.1, 0.15) is 35.2 Å². The van der Waals surface area contributed by atoms with Crippen molar-refractivity contribution in [3.63, 3.8) is 0 Å². The molecule has 4 aromatic rings. The Hall–Kier alpha value is -3.81. The molecule has 144 valence electrons. The summed E-state index contributed by atoms with van der Waals surface area (Å²) < 4.78 is 1.70. The van der Waals surface area contributed by atoms with Gasteiger partial charge in [-0.2, -0.15) is 9.78 Å². The van der Waals surface area contributed by atoms with Gasteiger partial charge in [-0.15, -0.1) is 0 Å². The molecule has 1 atom stereocenters. The number of aromatic nitrogens is 6. The van der Waals surface area contributed by atoms with E-state index in [1.54, 1.807) is 4.68 Å². The normalized spacial score (nSPS) is 14.8. The zero-order valence-electron chi connectivity index (χ0n) is 16.0. The zero-order valence-corrected chi connectivity index (χ0v) is 16.0. The van der Waals surface area contributed by atoms with Crippen molar-refractivity contribution in [3.8, 4) is 11.3 Å². The van der Waals surface area contributed by atoms with Crippen LogP contribution in [0.25, 0.3) is 11.3 Å².